The lowest BCUT2D eigenvalue weighted by molar-refractivity contribution is 0.0706. The molecular formula is C16H26O3SSi. The summed E-state index contributed by atoms with van der Waals surface area (Å²) in [5, 5.41) is 0. The highest BCUT2D eigenvalue weighted by molar-refractivity contribution is 7.68. The lowest BCUT2D eigenvalue weighted by Gasteiger charge is -2.43. The Labute approximate surface area is 131 Å². The quantitative estimate of drug-likeness (QED) is 0.490. The van der Waals surface area contributed by atoms with E-state index in [0.29, 0.717) is 5.54 Å². The summed E-state index contributed by atoms with van der Waals surface area (Å²) in [7, 11) is -3.47. The van der Waals surface area contributed by atoms with Gasteiger partial charge in [0.2, 0.25) is 11.0 Å². The van der Waals surface area contributed by atoms with Crippen LogP contribution in [-0.4, -0.2) is 18.2 Å². The van der Waals surface area contributed by atoms with Crippen LogP contribution in [0.25, 0.3) is 0 Å². The third-order valence-corrected chi connectivity index (χ3v) is 11.0. The maximum atomic E-state index is 10.8. The summed E-state index contributed by atoms with van der Waals surface area (Å²) < 4.78 is 26.6. The summed E-state index contributed by atoms with van der Waals surface area (Å²) in [6.07, 6.45) is 7.22. The molecule has 0 radical (unpaired) electrons. The van der Waals surface area contributed by atoms with Gasteiger partial charge in [0.15, 0.2) is 9.76 Å². The van der Waals surface area contributed by atoms with E-state index in [1.807, 2.05) is 0 Å². The molecule has 0 heterocycles. The number of hydrogen-bond acceptors (Lipinski definition) is 3. The smallest absolute Gasteiger partial charge is 0.246 e. The minimum Gasteiger partial charge on any atom is -0.325 e. The van der Waals surface area contributed by atoms with Gasteiger partial charge in [-0.15, -0.1) is 0 Å². The molecule has 0 saturated heterocycles. The molecule has 21 heavy (non-hydrogen) atoms. The lowest BCUT2D eigenvalue weighted by atomic mass is 9.64. The van der Waals surface area contributed by atoms with Gasteiger partial charge in [-0.2, -0.15) is 0 Å². The average Bonchev–Trinajstić information content (AvgIpc) is 3.16. The molecule has 5 heteroatoms. The van der Waals surface area contributed by atoms with Crippen LogP contribution in [0, 0.1) is 53.3 Å². The molecule has 5 rings (SSSR count). The van der Waals surface area contributed by atoms with Gasteiger partial charge < -0.3 is 3.87 Å². The van der Waals surface area contributed by atoms with E-state index in [2.05, 4.69) is 6.92 Å². The van der Waals surface area contributed by atoms with Crippen LogP contribution in [0.4, 0.5) is 0 Å². The molecule has 3 nitrogen and oxygen atoms in total. The number of rotatable bonds is 3. The van der Waals surface area contributed by atoms with Gasteiger partial charge in [-0.3, -0.25) is 0 Å². The lowest BCUT2D eigenvalue weighted by Crippen LogP contribution is -2.38. The standard InChI is InChI=1S/C16H26O3SSi/c1-7-2-9-10(3-7)12-6-11(9)15-8-4-13(16(12)15)14(5-8)21-19-20(17)18/h7-16,20H,2-6,21H2,1H3. The van der Waals surface area contributed by atoms with Crippen LogP contribution < -0.4 is 0 Å². The van der Waals surface area contributed by atoms with Gasteiger partial charge in [-0.1, -0.05) is 6.92 Å². The van der Waals surface area contributed by atoms with Gasteiger partial charge >= 0.3 is 0 Å². The summed E-state index contributed by atoms with van der Waals surface area (Å²) >= 11 is 0. The van der Waals surface area contributed by atoms with Gasteiger partial charge in [0.25, 0.3) is 0 Å². The second-order valence-electron chi connectivity index (χ2n) is 8.80. The van der Waals surface area contributed by atoms with E-state index in [1.165, 1.54) is 32.1 Å². The minimum atomic E-state index is -2.60. The molecule has 0 N–H and O–H groups in total. The van der Waals surface area contributed by atoms with Crippen LogP contribution in [0.2, 0.25) is 5.54 Å². The first-order chi connectivity index (χ1) is 10.1. The van der Waals surface area contributed by atoms with Crippen LogP contribution in [0.3, 0.4) is 0 Å². The zero-order valence-electron chi connectivity index (χ0n) is 12.7. The Kier molecular flexibility index (Phi) is 2.95. The maximum absolute atomic E-state index is 10.8. The van der Waals surface area contributed by atoms with E-state index in [9.17, 15) is 8.42 Å². The molecule has 5 aliphatic carbocycles. The third-order valence-electron chi connectivity index (χ3n) is 8.20. The Morgan fingerprint density at radius 1 is 0.857 bits per heavy atom. The van der Waals surface area contributed by atoms with Crippen molar-refractivity contribution in [1.29, 1.82) is 0 Å². The van der Waals surface area contributed by atoms with Gasteiger partial charge in [0.05, 0.1) is 0 Å². The van der Waals surface area contributed by atoms with Crippen LogP contribution in [0.5, 0.6) is 0 Å². The predicted molar refractivity (Wildman–Crippen MR) is 83.9 cm³/mol. The molecule has 0 amide bonds. The largest absolute Gasteiger partial charge is 0.325 e. The van der Waals surface area contributed by atoms with E-state index in [-0.39, 0.29) is 0 Å². The Hall–Kier alpha value is 0.127. The highest BCUT2D eigenvalue weighted by atomic mass is 32.2. The fraction of sp³-hybridized carbons (Fsp3) is 1.00. The van der Waals surface area contributed by atoms with Crippen LogP contribution in [-0.2, 0) is 14.9 Å². The molecule has 5 fully saturated rings. The SMILES string of the molecule is CC1CC2C(C1)C1CC2C2C3CC([SiH2]O[SH](=O)=O)C(C3)C12. The summed E-state index contributed by atoms with van der Waals surface area (Å²) in [6.45, 7) is 2.45. The molecule has 10 unspecified atom stereocenters. The molecule has 10 atom stereocenters. The van der Waals surface area contributed by atoms with Crippen molar-refractivity contribution >= 4 is 20.7 Å². The van der Waals surface area contributed by atoms with Crippen LogP contribution >= 0.6 is 0 Å². The third kappa shape index (κ3) is 1.77. The topological polar surface area (TPSA) is 43.4 Å². The second-order valence-corrected chi connectivity index (χ2v) is 11.7. The maximum Gasteiger partial charge on any atom is 0.246 e. The summed E-state index contributed by atoms with van der Waals surface area (Å²) in [4.78, 5) is 0. The molecular weight excluding hydrogens is 300 g/mol. The molecule has 5 saturated carbocycles. The van der Waals surface area contributed by atoms with Crippen molar-refractivity contribution in [3.63, 3.8) is 0 Å². The van der Waals surface area contributed by atoms with Crippen molar-refractivity contribution in [2.24, 2.45) is 53.3 Å². The first-order valence-corrected chi connectivity index (χ1v) is 11.4. The van der Waals surface area contributed by atoms with E-state index < -0.39 is 20.7 Å². The second kappa shape index (κ2) is 4.57. The van der Waals surface area contributed by atoms with Gasteiger partial charge in [0, 0.05) is 0 Å². The normalized spacial score (nSPS) is 60.5. The zero-order valence-corrected chi connectivity index (χ0v) is 15.0. The first-order valence-electron chi connectivity index (χ1n) is 8.90. The molecule has 0 spiro atoms. The Balaban J connectivity index is 1.38. The number of hydrogen-bond donors (Lipinski definition) is 1. The van der Waals surface area contributed by atoms with E-state index in [0.717, 1.165) is 53.3 Å². The molecule has 4 bridgehead atoms. The molecule has 118 valence electrons. The predicted octanol–water partition coefficient (Wildman–Crippen LogP) is 1.99. The molecule has 0 aromatic carbocycles. The first kappa shape index (κ1) is 13.6. The van der Waals surface area contributed by atoms with Gasteiger partial charge in [0.1, 0.15) is 0 Å². The molecule has 0 aromatic rings. The van der Waals surface area contributed by atoms with Gasteiger partial charge in [-0.25, -0.2) is 8.42 Å². The minimum absolute atomic E-state index is 0.667. The van der Waals surface area contributed by atoms with Crippen molar-refractivity contribution in [3.05, 3.63) is 0 Å². The highest BCUT2D eigenvalue weighted by Crippen LogP contribution is 2.74. The van der Waals surface area contributed by atoms with Crippen LogP contribution in [0.15, 0.2) is 0 Å². The molecule has 0 aromatic heterocycles. The average molecular weight is 327 g/mol. The fourth-order valence-electron chi connectivity index (χ4n) is 8.08. The zero-order chi connectivity index (χ0) is 14.3. The highest BCUT2D eigenvalue weighted by Gasteiger charge is 2.68. The monoisotopic (exact) mass is 326 g/mol. The van der Waals surface area contributed by atoms with Crippen molar-refractivity contribution in [3.8, 4) is 0 Å². The Bertz CT molecular complexity index is 528. The summed E-state index contributed by atoms with van der Waals surface area (Å²) in [5.74, 6) is 8.86. The van der Waals surface area contributed by atoms with E-state index >= 15 is 0 Å². The Morgan fingerprint density at radius 3 is 2.29 bits per heavy atom. The van der Waals surface area contributed by atoms with Crippen molar-refractivity contribution < 1.29 is 12.3 Å². The van der Waals surface area contributed by atoms with E-state index in [1.54, 1.807) is 0 Å². The van der Waals surface area contributed by atoms with E-state index in [4.69, 9.17) is 3.87 Å². The summed E-state index contributed by atoms with van der Waals surface area (Å²) in [6, 6.07) is 0. The van der Waals surface area contributed by atoms with Crippen molar-refractivity contribution in [2.45, 2.75) is 44.6 Å². The van der Waals surface area contributed by atoms with Gasteiger partial charge in [-0.05, 0) is 90.9 Å². The van der Waals surface area contributed by atoms with Crippen LogP contribution in [0.1, 0.15) is 39.0 Å². The summed E-state index contributed by atoms with van der Waals surface area (Å²) in [5.41, 5.74) is 0.667. The molecule has 0 aliphatic heterocycles. The molecule has 5 aliphatic rings. The number of fused-ring (bicyclic) bond motifs is 12. The number of thiol groups is 1. The van der Waals surface area contributed by atoms with Crippen molar-refractivity contribution in [2.75, 3.05) is 0 Å². The fourth-order valence-corrected chi connectivity index (χ4v) is 10.7. The van der Waals surface area contributed by atoms with Crippen molar-refractivity contribution in [1.82, 2.24) is 0 Å². The Morgan fingerprint density at radius 2 is 1.57 bits per heavy atom.